The largest absolute Gasteiger partial charge is 0.487 e. The summed E-state index contributed by atoms with van der Waals surface area (Å²) in [6.45, 7) is 15.8. The number of amides is 2. The van der Waals surface area contributed by atoms with Gasteiger partial charge in [0, 0.05) is 76.8 Å². The number of β-amino-alcohol motifs (C(OH)–C–C–N with tert-alkyl or cyclic N) is 2. The molecule has 12 nitrogen and oxygen atoms in total. The second-order valence-corrected chi connectivity index (χ2v) is 14.2. The van der Waals surface area contributed by atoms with Crippen LogP contribution in [0.1, 0.15) is 22.3 Å². The quantitative estimate of drug-likeness (QED) is 0.176. The van der Waals surface area contributed by atoms with Crippen molar-refractivity contribution in [3.63, 3.8) is 0 Å². The van der Waals surface area contributed by atoms with Crippen molar-refractivity contribution >= 4 is 23.2 Å². The van der Waals surface area contributed by atoms with E-state index in [0.29, 0.717) is 37.7 Å². The van der Waals surface area contributed by atoms with Crippen LogP contribution in [0.25, 0.3) is 0 Å². The van der Waals surface area contributed by atoms with E-state index < -0.39 is 12.2 Å². The van der Waals surface area contributed by atoms with Crippen molar-refractivity contribution in [2.24, 2.45) is 0 Å². The molecular formula is C40H56N6O6. The number of carbonyl (C=O) groups is 2. The van der Waals surface area contributed by atoms with Gasteiger partial charge in [-0.15, -0.1) is 0 Å². The van der Waals surface area contributed by atoms with Crippen molar-refractivity contribution in [3.8, 4) is 11.5 Å². The van der Waals surface area contributed by atoms with Gasteiger partial charge >= 0.3 is 0 Å². The Morgan fingerprint density at radius 2 is 0.885 bits per heavy atom. The van der Waals surface area contributed by atoms with Crippen LogP contribution in [0.15, 0.2) is 60.7 Å². The number of nitrogens with one attached hydrogen (secondary N) is 2. The lowest BCUT2D eigenvalue weighted by Gasteiger charge is -2.35. The van der Waals surface area contributed by atoms with Gasteiger partial charge in [-0.3, -0.25) is 29.2 Å². The summed E-state index contributed by atoms with van der Waals surface area (Å²) in [7, 11) is 0. The molecule has 2 heterocycles. The Bertz CT molecular complexity index is 1460. The maximum absolute atomic E-state index is 12.7. The fourth-order valence-corrected chi connectivity index (χ4v) is 6.81. The standard InChI is InChI=1S/C40H56N6O6/c1-29-9-7-10-30(2)39(29)41-37(49)25-45-19-15-43(16-20-45)23-33(47)27-51-35-13-5-6-14-36(35)52-28-34(48)24-44-17-21-46(22-18-44)26-38(50)42-40-31(3)11-8-12-32(40)4/h5-14,33-34,47-48H,15-28H2,1-4H3,(H,41,49)(H,42,50). The minimum atomic E-state index is -0.700. The van der Waals surface area contributed by atoms with Gasteiger partial charge in [0.25, 0.3) is 0 Å². The lowest BCUT2D eigenvalue weighted by molar-refractivity contribution is -0.118. The number of anilines is 2. The van der Waals surface area contributed by atoms with E-state index in [1.807, 2.05) is 76.2 Å². The van der Waals surface area contributed by atoms with Crippen molar-refractivity contribution in [1.29, 1.82) is 0 Å². The van der Waals surface area contributed by atoms with E-state index in [-0.39, 0.29) is 25.0 Å². The molecule has 0 bridgehead atoms. The van der Waals surface area contributed by atoms with Crippen molar-refractivity contribution in [1.82, 2.24) is 19.6 Å². The molecule has 0 aliphatic carbocycles. The number of ether oxygens (including phenoxy) is 2. The average molecular weight is 717 g/mol. The molecule has 282 valence electrons. The molecule has 0 radical (unpaired) electrons. The Hall–Kier alpha value is -4.04. The van der Waals surface area contributed by atoms with Gasteiger partial charge in [0.2, 0.25) is 11.8 Å². The Labute approximate surface area is 308 Å². The molecule has 2 saturated heterocycles. The van der Waals surface area contributed by atoms with Gasteiger partial charge in [0.1, 0.15) is 25.4 Å². The predicted octanol–water partition coefficient (Wildman–Crippen LogP) is 2.91. The molecule has 4 N–H and O–H groups in total. The van der Waals surface area contributed by atoms with Gasteiger partial charge in [-0.05, 0) is 62.1 Å². The van der Waals surface area contributed by atoms with Crippen LogP contribution < -0.4 is 20.1 Å². The van der Waals surface area contributed by atoms with Crippen LogP contribution in [0.5, 0.6) is 11.5 Å². The summed E-state index contributed by atoms with van der Waals surface area (Å²) in [5.74, 6) is 0.999. The van der Waals surface area contributed by atoms with Crippen LogP contribution in [0.3, 0.4) is 0 Å². The maximum atomic E-state index is 12.7. The molecule has 2 amide bonds. The van der Waals surface area contributed by atoms with E-state index in [1.165, 1.54) is 0 Å². The summed E-state index contributed by atoms with van der Waals surface area (Å²) in [4.78, 5) is 34.1. The van der Waals surface area contributed by atoms with Crippen LogP contribution in [-0.4, -0.2) is 146 Å². The monoisotopic (exact) mass is 716 g/mol. The van der Waals surface area contributed by atoms with Crippen molar-refractivity contribution < 1.29 is 29.3 Å². The SMILES string of the molecule is Cc1cccc(C)c1NC(=O)CN1CCN(CC(O)COc2ccccc2OCC(O)CN2CCN(CC(=O)Nc3c(C)cccc3C)CC2)CC1. The molecule has 3 aromatic carbocycles. The first-order valence-electron chi connectivity index (χ1n) is 18.4. The third-order valence-electron chi connectivity index (χ3n) is 9.80. The second-order valence-electron chi connectivity index (χ2n) is 14.2. The van der Waals surface area contributed by atoms with Gasteiger partial charge in [0.15, 0.2) is 11.5 Å². The smallest absolute Gasteiger partial charge is 0.238 e. The first-order chi connectivity index (χ1) is 25.0. The topological polar surface area (TPSA) is 130 Å². The fraction of sp³-hybridized carbons (Fsp3) is 0.500. The van der Waals surface area contributed by atoms with Crippen LogP contribution >= 0.6 is 0 Å². The summed E-state index contributed by atoms with van der Waals surface area (Å²) in [6, 6.07) is 19.3. The van der Waals surface area contributed by atoms with E-state index in [9.17, 15) is 19.8 Å². The Morgan fingerprint density at radius 3 is 1.23 bits per heavy atom. The number of aryl methyl sites for hydroxylation is 4. The van der Waals surface area contributed by atoms with Crippen LogP contribution in [0, 0.1) is 27.7 Å². The average Bonchev–Trinajstić information content (AvgIpc) is 3.12. The molecule has 0 aromatic heterocycles. The zero-order valence-corrected chi connectivity index (χ0v) is 31.1. The molecule has 0 saturated carbocycles. The summed E-state index contributed by atoms with van der Waals surface area (Å²) < 4.78 is 11.9. The fourth-order valence-electron chi connectivity index (χ4n) is 6.81. The van der Waals surface area contributed by atoms with Gasteiger partial charge in [-0.1, -0.05) is 48.5 Å². The molecule has 2 fully saturated rings. The molecule has 2 aliphatic heterocycles. The Kier molecular flexibility index (Phi) is 14.4. The zero-order chi connectivity index (χ0) is 37.0. The minimum Gasteiger partial charge on any atom is -0.487 e. The highest BCUT2D eigenvalue weighted by atomic mass is 16.5. The van der Waals surface area contributed by atoms with Gasteiger partial charge in [-0.2, -0.15) is 0 Å². The van der Waals surface area contributed by atoms with Gasteiger partial charge < -0.3 is 30.3 Å². The van der Waals surface area contributed by atoms with Crippen molar-refractivity contribution in [3.05, 3.63) is 82.9 Å². The number of hydrogen-bond donors (Lipinski definition) is 4. The van der Waals surface area contributed by atoms with E-state index in [4.69, 9.17) is 9.47 Å². The summed E-state index contributed by atoms with van der Waals surface area (Å²) >= 11 is 0. The number of benzene rings is 3. The first-order valence-corrected chi connectivity index (χ1v) is 18.4. The number of piperazine rings is 2. The third kappa shape index (κ3) is 11.7. The highest BCUT2D eigenvalue weighted by molar-refractivity contribution is 5.94. The lowest BCUT2D eigenvalue weighted by atomic mass is 10.1. The van der Waals surface area contributed by atoms with Crippen LogP contribution in [0.2, 0.25) is 0 Å². The molecule has 0 spiro atoms. The lowest BCUT2D eigenvalue weighted by Crippen LogP contribution is -2.50. The first kappa shape index (κ1) is 39.2. The summed E-state index contributed by atoms with van der Waals surface area (Å²) in [5, 5.41) is 27.7. The molecule has 2 atom stereocenters. The maximum Gasteiger partial charge on any atom is 0.238 e. The predicted molar refractivity (Wildman–Crippen MR) is 204 cm³/mol. The molecule has 2 unspecified atom stereocenters. The zero-order valence-electron chi connectivity index (χ0n) is 31.1. The van der Waals surface area contributed by atoms with Crippen molar-refractivity contribution in [2.75, 3.05) is 102 Å². The molecule has 52 heavy (non-hydrogen) atoms. The Balaban J connectivity index is 0.964. The van der Waals surface area contributed by atoms with E-state index >= 15 is 0 Å². The normalized spacial score (nSPS) is 17.3. The Morgan fingerprint density at radius 1 is 0.558 bits per heavy atom. The highest BCUT2D eigenvalue weighted by Gasteiger charge is 2.24. The number of aliphatic hydroxyl groups excluding tert-OH is 2. The minimum absolute atomic E-state index is 0.0157. The van der Waals surface area contributed by atoms with Crippen LogP contribution in [0.4, 0.5) is 11.4 Å². The number of carbonyl (C=O) groups excluding carboxylic acids is 2. The number of para-hydroxylation sites is 4. The van der Waals surface area contributed by atoms with Crippen molar-refractivity contribution in [2.45, 2.75) is 39.9 Å². The second kappa shape index (κ2) is 19.2. The summed E-state index contributed by atoms with van der Waals surface area (Å²) in [6.07, 6.45) is -1.40. The molecule has 12 heteroatoms. The number of hydrogen-bond acceptors (Lipinski definition) is 10. The summed E-state index contributed by atoms with van der Waals surface area (Å²) in [5.41, 5.74) is 5.98. The molecule has 2 aliphatic rings. The third-order valence-corrected chi connectivity index (χ3v) is 9.80. The van der Waals surface area contributed by atoms with Gasteiger partial charge in [0.05, 0.1) is 13.1 Å². The highest BCUT2D eigenvalue weighted by Crippen LogP contribution is 2.27. The van der Waals surface area contributed by atoms with E-state index in [2.05, 4.69) is 30.2 Å². The van der Waals surface area contributed by atoms with E-state index in [0.717, 1.165) is 86.0 Å². The number of rotatable bonds is 16. The molecular weight excluding hydrogens is 660 g/mol. The van der Waals surface area contributed by atoms with Gasteiger partial charge in [-0.25, -0.2) is 0 Å². The number of nitrogens with zero attached hydrogens (tertiary/aromatic N) is 4. The van der Waals surface area contributed by atoms with E-state index in [1.54, 1.807) is 12.1 Å². The number of aliphatic hydroxyl groups is 2. The van der Waals surface area contributed by atoms with Crippen LogP contribution in [-0.2, 0) is 9.59 Å². The molecule has 3 aromatic rings. The molecule has 5 rings (SSSR count).